The predicted octanol–water partition coefficient (Wildman–Crippen LogP) is 0.936. The second-order valence-electron chi connectivity index (χ2n) is 1.28. The van der Waals surface area contributed by atoms with Crippen LogP contribution in [-0.2, 0) is 4.74 Å². The van der Waals surface area contributed by atoms with Crippen LogP contribution in [0.3, 0.4) is 0 Å². The van der Waals surface area contributed by atoms with Crippen molar-refractivity contribution in [3.05, 3.63) is 0 Å². The van der Waals surface area contributed by atoms with Gasteiger partial charge in [0.15, 0.2) is 10.1 Å². The molecule has 0 bridgehead atoms. The Morgan fingerprint density at radius 1 is 1.10 bits per heavy atom. The number of ether oxygens (including phenoxy) is 1. The molecule has 0 aromatic rings. The van der Waals surface area contributed by atoms with Crippen molar-refractivity contribution in [2.24, 2.45) is 0 Å². The fourth-order valence-corrected chi connectivity index (χ4v) is 0.392. The minimum atomic E-state index is -0.244. The minimum absolute atomic E-state index is 0. The Morgan fingerprint density at radius 2 is 1.40 bits per heavy atom. The third-order valence-corrected chi connectivity index (χ3v) is 0.687. The van der Waals surface area contributed by atoms with Crippen molar-refractivity contribution in [1.29, 1.82) is 0 Å². The van der Waals surface area contributed by atoms with Crippen molar-refractivity contribution >= 4 is 34.5 Å². The number of rotatable bonds is 4. The lowest BCUT2D eigenvalue weighted by atomic mass is 10.7. The smallest absolute Gasteiger partial charge is 0.183 e. The first-order valence-corrected chi connectivity index (χ1v) is 2.96. The van der Waals surface area contributed by atoms with Crippen LogP contribution >= 0.6 is 24.4 Å². The molecule has 0 saturated carbocycles. The highest BCUT2D eigenvalue weighted by Crippen LogP contribution is 1.78. The summed E-state index contributed by atoms with van der Waals surface area (Å²) in [5, 5.41) is 16.2. The van der Waals surface area contributed by atoms with Gasteiger partial charge in [0, 0.05) is 0 Å². The van der Waals surface area contributed by atoms with Gasteiger partial charge in [-0.3, -0.25) is 0 Å². The number of hydrogen-bond acceptors (Lipinski definition) is 4. The molecule has 0 spiro atoms. The van der Waals surface area contributed by atoms with E-state index in [1.54, 1.807) is 0 Å². The molecule has 4 nitrogen and oxygen atoms in total. The third-order valence-electron chi connectivity index (χ3n) is 0.451. The van der Waals surface area contributed by atoms with Gasteiger partial charge in [0.2, 0.25) is 0 Å². The SMILES string of the molecule is N.OC(=S)COCC(O)=S. The van der Waals surface area contributed by atoms with Crippen LogP contribution in [-0.4, -0.2) is 33.5 Å². The highest BCUT2D eigenvalue weighted by molar-refractivity contribution is 7.80. The average Bonchev–Trinajstić information content (AvgIpc) is 1.63. The van der Waals surface area contributed by atoms with Crippen molar-refractivity contribution in [1.82, 2.24) is 6.15 Å². The minimum Gasteiger partial charge on any atom is -0.500 e. The normalized spacial score (nSPS) is 8.00. The van der Waals surface area contributed by atoms with Gasteiger partial charge in [-0.1, -0.05) is 0 Å². The maximum Gasteiger partial charge on any atom is 0.183 e. The maximum atomic E-state index is 8.35. The molecule has 0 rings (SSSR count). The summed E-state index contributed by atoms with van der Waals surface area (Å²) in [5.74, 6) is 0. The highest BCUT2D eigenvalue weighted by Gasteiger charge is 1.93. The Labute approximate surface area is 69.4 Å². The lowest BCUT2D eigenvalue weighted by molar-refractivity contribution is 0.194. The molecule has 0 aliphatic carbocycles. The van der Waals surface area contributed by atoms with Crippen LogP contribution in [0.1, 0.15) is 0 Å². The molecule has 10 heavy (non-hydrogen) atoms. The van der Waals surface area contributed by atoms with Crippen LogP contribution in [0.5, 0.6) is 0 Å². The number of thiocarbonyl (C=S) groups is 2. The highest BCUT2D eigenvalue weighted by atomic mass is 32.1. The molecule has 0 radical (unpaired) electrons. The van der Waals surface area contributed by atoms with Gasteiger partial charge in [0.25, 0.3) is 0 Å². The van der Waals surface area contributed by atoms with Crippen LogP contribution in [0.2, 0.25) is 0 Å². The summed E-state index contributed by atoms with van der Waals surface area (Å²) in [5.41, 5.74) is 0. The zero-order chi connectivity index (χ0) is 7.28. The first-order valence-electron chi connectivity index (χ1n) is 2.14. The van der Waals surface area contributed by atoms with E-state index in [4.69, 9.17) is 10.2 Å². The molecule has 0 heterocycles. The van der Waals surface area contributed by atoms with Crippen LogP contribution in [0.15, 0.2) is 0 Å². The van der Waals surface area contributed by atoms with Crippen molar-refractivity contribution in [3.8, 4) is 0 Å². The standard InChI is InChI=1S/C4H6O3S2.H3N/c5-3(8)1-7-2-4(6)9;/h1-2H2,(H,5,8)(H,6,9);1H3. The van der Waals surface area contributed by atoms with Crippen molar-refractivity contribution in [3.63, 3.8) is 0 Å². The van der Waals surface area contributed by atoms with E-state index in [9.17, 15) is 0 Å². The number of aliphatic hydroxyl groups excluding tert-OH is 2. The van der Waals surface area contributed by atoms with E-state index >= 15 is 0 Å². The van der Waals surface area contributed by atoms with Crippen LogP contribution in [0.25, 0.3) is 0 Å². The van der Waals surface area contributed by atoms with Gasteiger partial charge in [-0.2, -0.15) is 0 Å². The van der Waals surface area contributed by atoms with Crippen molar-refractivity contribution < 1.29 is 14.9 Å². The molecule has 0 saturated heterocycles. The Hall–Kier alpha value is -0.300. The number of aliphatic hydroxyl groups is 2. The molecule has 6 heteroatoms. The molecule has 60 valence electrons. The molecule has 0 aliphatic heterocycles. The predicted molar refractivity (Wildman–Crippen MR) is 46.3 cm³/mol. The second-order valence-corrected chi connectivity index (χ2v) is 2.22. The number of hydrogen-bond donors (Lipinski definition) is 3. The molecular formula is C4H9NO3S2. The van der Waals surface area contributed by atoms with Gasteiger partial charge < -0.3 is 21.1 Å². The first kappa shape index (κ1) is 12.4. The van der Waals surface area contributed by atoms with Gasteiger partial charge in [-0.15, -0.1) is 0 Å². The third kappa shape index (κ3) is 10.6. The average molecular weight is 183 g/mol. The van der Waals surface area contributed by atoms with E-state index in [0.29, 0.717) is 0 Å². The molecule has 0 aromatic carbocycles. The lowest BCUT2D eigenvalue weighted by Gasteiger charge is -1.96. The van der Waals surface area contributed by atoms with Crippen LogP contribution in [0.4, 0.5) is 0 Å². The fraction of sp³-hybridized carbons (Fsp3) is 0.500. The van der Waals surface area contributed by atoms with Gasteiger partial charge in [-0.05, 0) is 24.4 Å². The summed E-state index contributed by atoms with van der Waals surface area (Å²) in [6.07, 6.45) is 0. The summed E-state index contributed by atoms with van der Waals surface area (Å²) in [4.78, 5) is 0. The summed E-state index contributed by atoms with van der Waals surface area (Å²) >= 11 is 8.51. The molecule has 0 fully saturated rings. The van der Waals surface area contributed by atoms with E-state index in [1.165, 1.54) is 0 Å². The van der Waals surface area contributed by atoms with Gasteiger partial charge >= 0.3 is 0 Å². The van der Waals surface area contributed by atoms with Crippen molar-refractivity contribution in [2.45, 2.75) is 0 Å². The summed E-state index contributed by atoms with van der Waals surface area (Å²) in [7, 11) is 0. The summed E-state index contributed by atoms with van der Waals surface area (Å²) in [6, 6.07) is 0. The largest absolute Gasteiger partial charge is 0.500 e. The first-order chi connectivity index (χ1) is 4.13. The molecular weight excluding hydrogens is 174 g/mol. The monoisotopic (exact) mass is 183 g/mol. The van der Waals surface area contributed by atoms with Gasteiger partial charge in [-0.25, -0.2) is 0 Å². The Kier molecular flexibility index (Phi) is 8.44. The zero-order valence-electron chi connectivity index (χ0n) is 5.24. The molecule has 0 amide bonds. The molecule has 0 aliphatic rings. The van der Waals surface area contributed by atoms with Crippen LogP contribution in [0, 0.1) is 0 Å². The Balaban J connectivity index is 0. The molecule has 0 aromatic heterocycles. The van der Waals surface area contributed by atoms with E-state index in [1.807, 2.05) is 0 Å². The lowest BCUT2D eigenvalue weighted by Crippen LogP contribution is -2.10. The quantitative estimate of drug-likeness (QED) is 0.562. The molecule has 0 atom stereocenters. The van der Waals surface area contributed by atoms with E-state index in [0.717, 1.165) is 0 Å². The Morgan fingerprint density at radius 3 is 1.60 bits per heavy atom. The Bertz CT molecular complexity index is 114. The van der Waals surface area contributed by atoms with E-state index < -0.39 is 0 Å². The maximum absolute atomic E-state index is 8.35. The van der Waals surface area contributed by atoms with E-state index in [-0.39, 0.29) is 29.5 Å². The van der Waals surface area contributed by atoms with E-state index in [2.05, 4.69) is 29.2 Å². The summed E-state index contributed by atoms with van der Waals surface area (Å²) < 4.78 is 4.57. The second kappa shape index (κ2) is 6.81. The van der Waals surface area contributed by atoms with Gasteiger partial charge in [0.05, 0.1) is 0 Å². The fourth-order valence-electron chi connectivity index (χ4n) is 0.226. The van der Waals surface area contributed by atoms with Crippen LogP contribution < -0.4 is 6.15 Å². The van der Waals surface area contributed by atoms with Crippen molar-refractivity contribution in [2.75, 3.05) is 13.2 Å². The molecule has 0 unspecified atom stereocenters. The summed E-state index contributed by atoms with van der Waals surface area (Å²) in [6.45, 7) is -0.119. The van der Waals surface area contributed by atoms with Gasteiger partial charge in [0.1, 0.15) is 13.2 Å². The molecule has 5 N–H and O–H groups in total. The topological polar surface area (TPSA) is 84.7 Å². The zero-order valence-corrected chi connectivity index (χ0v) is 6.87.